The summed E-state index contributed by atoms with van der Waals surface area (Å²) in [6.07, 6.45) is 2.46. The number of nitrogens with one attached hydrogen (secondary N) is 2. The highest BCUT2D eigenvalue weighted by molar-refractivity contribution is 5.98. The molecule has 116 valence electrons. The zero-order chi connectivity index (χ0) is 15.5. The van der Waals surface area contributed by atoms with Gasteiger partial charge >= 0.3 is 0 Å². The number of aromatic nitrogens is 1. The normalized spacial score (nSPS) is 32.5. The van der Waals surface area contributed by atoms with Crippen LogP contribution in [-0.4, -0.2) is 16.9 Å². The van der Waals surface area contributed by atoms with Crippen molar-refractivity contribution in [2.24, 2.45) is 23.2 Å². The van der Waals surface area contributed by atoms with E-state index in [4.69, 9.17) is 0 Å². The van der Waals surface area contributed by atoms with Crippen molar-refractivity contribution in [3.05, 3.63) is 36.0 Å². The van der Waals surface area contributed by atoms with E-state index in [-0.39, 0.29) is 5.91 Å². The fourth-order valence-electron chi connectivity index (χ4n) is 4.78. The van der Waals surface area contributed by atoms with Crippen LogP contribution in [0.5, 0.6) is 0 Å². The van der Waals surface area contributed by atoms with Crippen molar-refractivity contribution in [1.29, 1.82) is 0 Å². The first-order valence-electron chi connectivity index (χ1n) is 8.35. The molecule has 4 atom stereocenters. The average Bonchev–Trinajstić information content (AvgIpc) is 2.92. The van der Waals surface area contributed by atoms with Crippen molar-refractivity contribution in [2.75, 3.05) is 0 Å². The average molecular weight is 296 g/mol. The summed E-state index contributed by atoms with van der Waals surface area (Å²) in [5.74, 6) is 2.11. The van der Waals surface area contributed by atoms with E-state index in [0.29, 0.717) is 23.1 Å². The van der Waals surface area contributed by atoms with Gasteiger partial charge in [0.1, 0.15) is 5.69 Å². The zero-order valence-corrected chi connectivity index (χ0v) is 13.5. The summed E-state index contributed by atoms with van der Waals surface area (Å²) in [7, 11) is 0. The summed E-state index contributed by atoms with van der Waals surface area (Å²) >= 11 is 0. The zero-order valence-electron chi connectivity index (χ0n) is 13.5. The summed E-state index contributed by atoms with van der Waals surface area (Å²) in [5, 5.41) is 4.37. The molecule has 2 aromatic rings. The molecule has 1 aromatic heterocycles. The number of carbonyl (C=O) groups is 1. The van der Waals surface area contributed by atoms with Gasteiger partial charge in [0.2, 0.25) is 0 Å². The van der Waals surface area contributed by atoms with E-state index in [1.54, 1.807) is 0 Å². The van der Waals surface area contributed by atoms with Gasteiger partial charge in [-0.25, -0.2) is 0 Å². The van der Waals surface area contributed by atoms with Crippen LogP contribution in [-0.2, 0) is 0 Å². The first-order chi connectivity index (χ1) is 10.5. The van der Waals surface area contributed by atoms with Gasteiger partial charge in [-0.1, -0.05) is 39.0 Å². The van der Waals surface area contributed by atoms with Gasteiger partial charge in [-0.15, -0.1) is 0 Å². The van der Waals surface area contributed by atoms with Crippen molar-refractivity contribution in [3.8, 4) is 0 Å². The molecule has 2 N–H and O–H groups in total. The molecule has 3 nitrogen and oxygen atoms in total. The molecule has 0 spiro atoms. The van der Waals surface area contributed by atoms with Crippen LogP contribution in [0.25, 0.3) is 10.9 Å². The minimum atomic E-state index is 0.0344. The monoisotopic (exact) mass is 296 g/mol. The molecule has 3 aliphatic carbocycles. The lowest BCUT2D eigenvalue weighted by molar-refractivity contribution is -0.113. The second-order valence-electron chi connectivity index (χ2n) is 7.81. The van der Waals surface area contributed by atoms with Gasteiger partial charge in [-0.3, -0.25) is 4.79 Å². The van der Waals surface area contributed by atoms with Crippen LogP contribution in [0, 0.1) is 23.2 Å². The van der Waals surface area contributed by atoms with E-state index >= 15 is 0 Å². The highest BCUT2D eigenvalue weighted by Crippen LogP contribution is 2.61. The van der Waals surface area contributed by atoms with Crippen LogP contribution in [0.4, 0.5) is 0 Å². The Balaban J connectivity index is 1.51. The van der Waals surface area contributed by atoms with Crippen molar-refractivity contribution in [2.45, 2.75) is 39.7 Å². The molecule has 3 heteroatoms. The number of hydrogen-bond donors (Lipinski definition) is 2. The number of aromatic amines is 1. The van der Waals surface area contributed by atoms with E-state index in [1.165, 1.54) is 6.42 Å². The molecule has 0 radical (unpaired) electrons. The molecule has 5 rings (SSSR count). The molecule has 22 heavy (non-hydrogen) atoms. The van der Waals surface area contributed by atoms with Gasteiger partial charge in [0, 0.05) is 16.9 Å². The highest BCUT2D eigenvalue weighted by atomic mass is 16.1. The molecule has 0 unspecified atom stereocenters. The standard InChI is InChI=1S/C19H24N2O/c1-11-14-9-13(19(14,2)3)10-16(11)21-18(22)17-8-12-6-4-5-7-15(12)20-17/h4-8,11,13-14,16,20H,9-10H2,1-3H3,(H,21,22)/t11-,13+,14-,16-/m1/s1. The summed E-state index contributed by atoms with van der Waals surface area (Å²) in [4.78, 5) is 15.8. The van der Waals surface area contributed by atoms with Crippen molar-refractivity contribution < 1.29 is 4.79 Å². The summed E-state index contributed by atoms with van der Waals surface area (Å²) in [6, 6.07) is 10.3. The lowest BCUT2D eigenvalue weighted by Crippen LogP contribution is -2.60. The number of fused-ring (bicyclic) bond motifs is 3. The first kappa shape index (κ1) is 13.9. The Bertz CT molecular complexity index is 697. The lowest BCUT2D eigenvalue weighted by atomic mass is 9.45. The molecule has 1 aromatic carbocycles. The molecular formula is C19H24N2O. The number of amides is 1. The predicted molar refractivity (Wildman–Crippen MR) is 88.7 cm³/mol. The molecule has 0 saturated heterocycles. The van der Waals surface area contributed by atoms with Gasteiger partial charge in [-0.05, 0) is 48.1 Å². The van der Waals surface area contributed by atoms with Gasteiger partial charge in [0.05, 0.1) is 0 Å². The molecule has 0 aliphatic heterocycles. The number of benzene rings is 1. The topological polar surface area (TPSA) is 44.9 Å². The number of hydrogen-bond acceptors (Lipinski definition) is 1. The SMILES string of the molecule is C[C@@H]1[C@H]2C[C@@H](C[C@H]1NC(=O)c1cc3ccccc3[nH]1)C2(C)C. The first-order valence-corrected chi connectivity index (χ1v) is 8.35. The Morgan fingerprint density at radius 1 is 1.27 bits per heavy atom. The Hall–Kier alpha value is -1.77. The van der Waals surface area contributed by atoms with E-state index in [1.807, 2.05) is 30.3 Å². The Kier molecular flexibility index (Phi) is 2.91. The maximum atomic E-state index is 12.6. The van der Waals surface area contributed by atoms with Crippen LogP contribution in [0.15, 0.2) is 30.3 Å². The number of para-hydroxylation sites is 1. The van der Waals surface area contributed by atoms with Crippen LogP contribution < -0.4 is 5.32 Å². The van der Waals surface area contributed by atoms with Crippen molar-refractivity contribution in [3.63, 3.8) is 0 Å². The fourth-order valence-corrected chi connectivity index (χ4v) is 4.78. The largest absolute Gasteiger partial charge is 0.351 e. The highest BCUT2D eigenvalue weighted by Gasteiger charge is 2.56. The predicted octanol–water partition coefficient (Wildman–Crippen LogP) is 3.97. The minimum absolute atomic E-state index is 0.0344. The third-order valence-electron chi connectivity index (χ3n) is 6.45. The smallest absolute Gasteiger partial charge is 0.267 e. The van der Waals surface area contributed by atoms with E-state index in [2.05, 4.69) is 31.1 Å². The Labute approximate surface area is 131 Å². The van der Waals surface area contributed by atoms with Gasteiger partial charge < -0.3 is 10.3 Å². The van der Waals surface area contributed by atoms with Crippen LogP contribution in [0.1, 0.15) is 44.1 Å². The third-order valence-corrected chi connectivity index (χ3v) is 6.45. The number of H-pyrrole nitrogens is 1. The molecule has 1 amide bonds. The summed E-state index contributed by atoms with van der Waals surface area (Å²) in [5.41, 5.74) is 2.15. The number of rotatable bonds is 2. The Morgan fingerprint density at radius 2 is 2.05 bits per heavy atom. The second-order valence-corrected chi connectivity index (χ2v) is 7.81. The maximum absolute atomic E-state index is 12.6. The van der Waals surface area contributed by atoms with Crippen LogP contribution >= 0.6 is 0 Å². The van der Waals surface area contributed by atoms with E-state index in [0.717, 1.165) is 29.2 Å². The summed E-state index contributed by atoms with van der Waals surface area (Å²) < 4.78 is 0. The number of carbonyl (C=O) groups excluding carboxylic acids is 1. The molecule has 1 heterocycles. The molecule has 2 bridgehead atoms. The molecule has 3 saturated carbocycles. The third kappa shape index (κ3) is 1.91. The minimum Gasteiger partial charge on any atom is -0.351 e. The fraction of sp³-hybridized carbons (Fsp3) is 0.526. The second kappa shape index (κ2) is 4.61. The van der Waals surface area contributed by atoms with Gasteiger partial charge in [-0.2, -0.15) is 0 Å². The molecular weight excluding hydrogens is 272 g/mol. The van der Waals surface area contributed by atoms with E-state index < -0.39 is 0 Å². The molecule has 3 aliphatic rings. The van der Waals surface area contributed by atoms with Crippen LogP contribution in [0.3, 0.4) is 0 Å². The maximum Gasteiger partial charge on any atom is 0.267 e. The van der Waals surface area contributed by atoms with Crippen LogP contribution in [0.2, 0.25) is 0 Å². The quantitative estimate of drug-likeness (QED) is 0.865. The van der Waals surface area contributed by atoms with Crippen molar-refractivity contribution in [1.82, 2.24) is 10.3 Å². The molecule has 3 fully saturated rings. The van der Waals surface area contributed by atoms with E-state index in [9.17, 15) is 4.79 Å². The Morgan fingerprint density at radius 3 is 2.73 bits per heavy atom. The summed E-state index contributed by atoms with van der Waals surface area (Å²) in [6.45, 7) is 7.08. The lowest BCUT2D eigenvalue weighted by Gasteiger charge is -2.62. The van der Waals surface area contributed by atoms with Gasteiger partial charge in [0.15, 0.2) is 0 Å². The van der Waals surface area contributed by atoms with Crippen molar-refractivity contribution >= 4 is 16.8 Å². The van der Waals surface area contributed by atoms with Gasteiger partial charge in [0.25, 0.3) is 5.91 Å².